The van der Waals surface area contributed by atoms with E-state index in [1.54, 1.807) is 20.8 Å². The van der Waals surface area contributed by atoms with Crippen LogP contribution in [0.15, 0.2) is 24.3 Å². The van der Waals surface area contributed by atoms with Gasteiger partial charge in [-0.3, -0.25) is 4.79 Å². The van der Waals surface area contributed by atoms with Gasteiger partial charge in [0.05, 0.1) is 5.92 Å². The highest BCUT2D eigenvalue weighted by molar-refractivity contribution is 5.83. The molecule has 110 valence electrons. The molecule has 0 spiro atoms. The molecule has 0 unspecified atom stereocenters. The summed E-state index contributed by atoms with van der Waals surface area (Å²) in [6.07, 6.45) is -0.559. The number of alkyl carbamates (subject to hydrolysis) is 1. The van der Waals surface area contributed by atoms with Gasteiger partial charge in [-0.15, -0.1) is 0 Å². The maximum atomic E-state index is 11.6. The first kappa shape index (κ1) is 16.0. The summed E-state index contributed by atoms with van der Waals surface area (Å²) in [4.78, 5) is 23.1. The van der Waals surface area contributed by atoms with E-state index in [1.165, 1.54) is 0 Å². The van der Waals surface area contributed by atoms with Gasteiger partial charge in [-0.25, -0.2) is 4.79 Å². The van der Waals surface area contributed by atoms with Gasteiger partial charge in [-0.2, -0.15) is 0 Å². The zero-order valence-corrected chi connectivity index (χ0v) is 12.4. The van der Waals surface area contributed by atoms with Crippen LogP contribution in [0.2, 0.25) is 0 Å². The number of hydrogen-bond acceptors (Lipinski definition) is 3. The van der Waals surface area contributed by atoms with Crippen molar-refractivity contribution >= 4 is 12.0 Å². The van der Waals surface area contributed by atoms with Gasteiger partial charge in [0, 0.05) is 6.54 Å². The second-order valence-electron chi connectivity index (χ2n) is 5.75. The van der Waals surface area contributed by atoms with Crippen LogP contribution in [-0.2, 0) is 9.53 Å². The molecule has 0 fully saturated rings. The summed E-state index contributed by atoms with van der Waals surface area (Å²) in [6.45, 7) is 7.41. The molecule has 1 rings (SSSR count). The maximum Gasteiger partial charge on any atom is 0.407 e. The van der Waals surface area contributed by atoms with Crippen LogP contribution in [0.1, 0.15) is 37.8 Å². The third-order valence-corrected chi connectivity index (χ3v) is 2.67. The molecule has 0 aromatic heterocycles. The average molecular weight is 278 g/mol. The number of benzene rings is 1. The third-order valence-electron chi connectivity index (χ3n) is 2.67. The molecule has 5 heteroatoms. The zero-order chi connectivity index (χ0) is 15.3. The van der Waals surface area contributed by atoms with Crippen molar-refractivity contribution in [2.75, 3.05) is 6.54 Å². The standard InChI is InChI=1S/C15H22N2O3/c1-10-5-7-11(8-6-10)12(13(16)18)9-17-14(19)20-15(2,3)4/h5-8,12H,9H2,1-4H3,(H2,16,18)(H,17,19)/t12-/m0/s1. The van der Waals surface area contributed by atoms with Crippen molar-refractivity contribution < 1.29 is 14.3 Å². The molecular weight excluding hydrogens is 256 g/mol. The van der Waals surface area contributed by atoms with Crippen LogP contribution in [0, 0.1) is 6.92 Å². The SMILES string of the molecule is Cc1ccc([C@H](CNC(=O)OC(C)(C)C)C(N)=O)cc1. The second kappa shape index (κ2) is 6.41. The average Bonchev–Trinajstić information content (AvgIpc) is 2.29. The normalized spacial score (nSPS) is 12.6. The van der Waals surface area contributed by atoms with Gasteiger partial charge in [0.1, 0.15) is 5.60 Å². The molecule has 0 aliphatic heterocycles. The van der Waals surface area contributed by atoms with Crippen LogP contribution in [0.5, 0.6) is 0 Å². The Morgan fingerprint density at radius 2 is 1.80 bits per heavy atom. The Bertz CT molecular complexity index is 475. The highest BCUT2D eigenvalue weighted by atomic mass is 16.6. The Morgan fingerprint density at radius 1 is 1.25 bits per heavy atom. The first-order valence-corrected chi connectivity index (χ1v) is 6.52. The number of carbonyl (C=O) groups is 2. The monoisotopic (exact) mass is 278 g/mol. The first-order chi connectivity index (χ1) is 9.19. The van der Waals surface area contributed by atoms with Gasteiger partial charge in [0.25, 0.3) is 0 Å². The van der Waals surface area contributed by atoms with E-state index in [0.717, 1.165) is 11.1 Å². The molecule has 2 amide bonds. The highest BCUT2D eigenvalue weighted by Crippen LogP contribution is 2.16. The maximum absolute atomic E-state index is 11.6. The number of amides is 2. The lowest BCUT2D eigenvalue weighted by Crippen LogP contribution is -2.38. The molecule has 0 aliphatic rings. The Kier molecular flexibility index (Phi) is 5.13. The Hall–Kier alpha value is -2.04. The van der Waals surface area contributed by atoms with E-state index in [2.05, 4.69) is 5.32 Å². The molecule has 20 heavy (non-hydrogen) atoms. The summed E-state index contributed by atoms with van der Waals surface area (Å²) in [5.74, 6) is -1.05. The summed E-state index contributed by atoms with van der Waals surface area (Å²) >= 11 is 0. The number of nitrogens with one attached hydrogen (secondary N) is 1. The molecule has 1 atom stereocenters. The highest BCUT2D eigenvalue weighted by Gasteiger charge is 2.21. The Morgan fingerprint density at radius 3 is 2.25 bits per heavy atom. The Labute approximate surface area is 119 Å². The molecular formula is C15H22N2O3. The van der Waals surface area contributed by atoms with E-state index in [-0.39, 0.29) is 6.54 Å². The number of ether oxygens (including phenoxy) is 1. The molecule has 0 heterocycles. The summed E-state index contributed by atoms with van der Waals surface area (Å²) in [5, 5.41) is 2.57. The fourth-order valence-corrected chi connectivity index (χ4v) is 1.68. The number of hydrogen-bond donors (Lipinski definition) is 2. The van der Waals surface area contributed by atoms with Crippen LogP contribution in [0.4, 0.5) is 4.79 Å². The fraction of sp³-hybridized carbons (Fsp3) is 0.467. The predicted molar refractivity (Wildman–Crippen MR) is 77.4 cm³/mol. The van der Waals surface area contributed by atoms with Crippen LogP contribution in [0.25, 0.3) is 0 Å². The van der Waals surface area contributed by atoms with E-state index in [0.29, 0.717) is 0 Å². The fourth-order valence-electron chi connectivity index (χ4n) is 1.68. The summed E-state index contributed by atoms with van der Waals surface area (Å²) in [5.41, 5.74) is 6.69. The van der Waals surface area contributed by atoms with Crippen molar-refractivity contribution in [1.29, 1.82) is 0 Å². The molecule has 0 aliphatic carbocycles. The number of nitrogens with two attached hydrogens (primary N) is 1. The van der Waals surface area contributed by atoms with Gasteiger partial charge in [0.2, 0.25) is 5.91 Å². The van der Waals surface area contributed by atoms with Crippen LogP contribution in [-0.4, -0.2) is 24.1 Å². The van der Waals surface area contributed by atoms with E-state index in [1.807, 2.05) is 31.2 Å². The lowest BCUT2D eigenvalue weighted by molar-refractivity contribution is -0.119. The van der Waals surface area contributed by atoms with E-state index in [9.17, 15) is 9.59 Å². The van der Waals surface area contributed by atoms with Gasteiger partial charge < -0.3 is 15.8 Å². The van der Waals surface area contributed by atoms with Gasteiger partial charge in [0.15, 0.2) is 0 Å². The number of carbonyl (C=O) groups excluding carboxylic acids is 2. The lowest BCUT2D eigenvalue weighted by Gasteiger charge is -2.21. The van der Waals surface area contributed by atoms with Crippen molar-refractivity contribution in [3.63, 3.8) is 0 Å². The van der Waals surface area contributed by atoms with E-state index < -0.39 is 23.5 Å². The van der Waals surface area contributed by atoms with Crippen molar-refractivity contribution in [1.82, 2.24) is 5.32 Å². The molecule has 1 aromatic rings. The first-order valence-electron chi connectivity index (χ1n) is 6.52. The predicted octanol–water partition coefficient (Wildman–Crippen LogP) is 2.09. The second-order valence-corrected chi connectivity index (χ2v) is 5.75. The number of rotatable bonds is 4. The topological polar surface area (TPSA) is 81.4 Å². The van der Waals surface area contributed by atoms with Crippen LogP contribution < -0.4 is 11.1 Å². The van der Waals surface area contributed by atoms with Crippen LogP contribution in [0.3, 0.4) is 0 Å². The third kappa shape index (κ3) is 5.30. The van der Waals surface area contributed by atoms with Gasteiger partial charge in [-0.1, -0.05) is 29.8 Å². The summed E-state index contributed by atoms with van der Waals surface area (Å²) < 4.78 is 5.12. The summed E-state index contributed by atoms with van der Waals surface area (Å²) in [6, 6.07) is 7.47. The number of aryl methyl sites for hydroxylation is 1. The van der Waals surface area contributed by atoms with Gasteiger partial charge in [-0.05, 0) is 33.3 Å². The minimum absolute atomic E-state index is 0.118. The van der Waals surface area contributed by atoms with Crippen molar-refractivity contribution in [3.8, 4) is 0 Å². The van der Waals surface area contributed by atoms with Crippen LogP contribution >= 0.6 is 0 Å². The largest absolute Gasteiger partial charge is 0.444 e. The Balaban J connectivity index is 2.67. The minimum Gasteiger partial charge on any atom is -0.444 e. The van der Waals surface area contributed by atoms with Crippen molar-refractivity contribution in [2.24, 2.45) is 5.73 Å². The minimum atomic E-state index is -0.573. The lowest BCUT2D eigenvalue weighted by atomic mass is 9.97. The summed E-state index contributed by atoms with van der Waals surface area (Å²) in [7, 11) is 0. The molecule has 3 N–H and O–H groups in total. The number of primary amides is 1. The van der Waals surface area contributed by atoms with E-state index in [4.69, 9.17) is 10.5 Å². The van der Waals surface area contributed by atoms with Crippen molar-refractivity contribution in [3.05, 3.63) is 35.4 Å². The quantitative estimate of drug-likeness (QED) is 0.884. The molecule has 0 saturated carbocycles. The molecule has 0 saturated heterocycles. The van der Waals surface area contributed by atoms with Gasteiger partial charge >= 0.3 is 6.09 Å². The smallest absolute Gasteiger partial charge is 0.407 e. The molecule has 5 nitrogen and oxygen atoms in total. The van der Waals surface area contributed by atoms with Crippen molar-refractivity contribution in [2.45, 2.75) is 39.2 Å². The van der Waals surface area contributed by atoms with E-state index >= 15 is 0 Å². The molecule has 0 bridgehead atoms. The zero-order valence-electron chi connectivity index (χ0n) is 12.4. The molecule has 1 aromatic carbocycles. The molecule has 0 radical (unpaired) electrons.